The standard InChI is InChI=1S/C23H32N2O6S/c1-17(2)31-14-8-13-24-23(26)20(15-18-9-6-5-7-10-18)25-32(27,28)19-11-12-21(29-3)22(16-19)30-4/h5-7,9-12,16-17,20,25H,8,13-15H2,1-4H3,(H,24,26)/t20-/m1/s1. The van der Waals surface area contributed by atoms with Crippen LogP contribution in [0.5, 0.6) is 11.5 Å². The Bertz CT molecular complexity index is 964. The summed E-state index contributed by atoms with van der Waals surface area (Å²) in [5.41, 5.74) is 0.839. The Balaban J connectivity index is 2.16. The quantitative estimate of drug-likeness (QED) is 0.442. The van der Waals surface area contributed by atoms with E-state index in [1.807, 2.05) is 44.2 Å². The number of hydrogen-bond donors (Lipinski definition) is 2. The van der Waals surface area contributed by atoms with E-state index in [9.17, 15) is 13.2 Å². The van der Waals surface area contributed by atoms with Crippen LogP contribution in [-0.2, 0) is 26.0 Å². The van der Waals surface area contributed by atoms with Gasteiger partial charge in [-0.1, -0.05) is 30.3 Å². The third kappa shape index (κ3) is 7.81. The molecule has 0 saturated heterocycles. The topological polar surface area (TPSA) is 103 Å². The van der Waals surface area contributed by atoms with E-state index in [0.717, 1.165) is 5.56 Å². The van der Waals surface area contributed by atoms with Crippen LogP contribution in [0.25, 0.3) is 0 Å². The summed E-state index contributed by atoms with van der Waals surface area (Å²) in [5, 5.41) is 2.80. The summed E-state index contributed by atoms with van der Waals surface area (Å²) in [4.78, 5) is 12.8. The van der Waals surface area contributed by atoms with Gasteiger partial charge in [0.15, 0.2) is 11.5 Å². The Labute approximate surface area is 190 Å². The second-order valence-corrected chi connectivity index (χ2v) is 9.16. The predicted molar refractivity (Wildman–Crippen MR) is 123 cm³/mol. The minimum absolute atomic E-state index is 0.0219. The summed E-state index contributed by atoms with van der Waals surface area (Å²) in [6, 6.07) is 12.5. The summed E-state index contributed by atoms with van der Waals surface area (Å²) in [7, 11) is -1.10. The van der Waals surface area contributed by atoms with Crippen molar-refractivity contribution in [3.05, 3.63) is 54.1 Å². The maximum atomic E-state index is 13.0. The molecule has 0 aliphatic carbocycles. The number of sulfonamides is 1. The molecule has 0 aliphatic rings. The van der Waals surface area contributed by atoms with Crippen molar-refractivity contribution in [3.8, 4) is 11.5 Å². The molecule has 0 aliphatic heterocycles. The third-order valence-electron chi connectivity index (χ3n) is 4.63. The lowest BCUT2D eigenvalue weighted by atomic mass is 10.1. The third-order valence-corrected chi connectivity index (χ3v) is 6.10. The second-order valence-electron chi connectivity index (χ2n) is 7.44. The van der Waals surface area contributed by atoms with E-state index < -0.39 is 22.0 Å². The average Bonchev–Trinajstić information content (AvgIpc) is 2.78. The first-order valence-electron chi connectivity index (χ1n) is 10.4. The summed E-state index contributed by atoms with van der Waals surface area (Å²) in [6.07, 6.45) is 0.955. The molecular formula is C23H32N2O6S. The molecule has 0 unspecified atom stereocenters. The van der Waals surface area contributed by atoms with E-state index in [1.54, 1.807) is 0 Å². The molecule has 0 saturated carbocycles. The molecule has 0 bridgehead atoms. The minimum Gasteiger partial charge on any atom is -0.493 e. The summed E-state index contributed by atoms with van der Waals surface area (Å²) in [6.45, 7) is 4.78. The fraction of sp³-hybridized carbons (Fsp3) is 0.435. The Hall–Kier alpha value is -2.62. The molecule has 8 nitrogen and oxygen atoms in total. The Morgan fingerprint density at radius 3 is 2.31 bits per heavy atom. The molecule has 0 fully saturated rings. The summed E-state index contributed by atoms with van der Waals surface area (Å²) >= 11 is 0. The molecule has 2 rings (SSSR count). The van der Waals surface area contributed by atoms with E-state index in [0.29, 0.717) is 25.3 Å². The van der Waals surface area contributed by atoms with Crippen LogP contribution in [-0.4, -0.2) is 53.8 Å². The molecule has 0 radical (unpaired) electrons. The summed E-state index contributed by atoms with van der Waals surface area (Å²) in [5.74, 6) is 0.292. The normalized spacial score (nSPS) is 12.4. The van der Waals surface area contributed by atoms with Crippen LogP contribution in [0, 0.1) is 0 Å². The number of ether oxygens (including phenoxy) is 3. The molecule has 0 spiro atoms. The largest absolute Gasteiger partial charge is 0.493 e. The number of carbonyl (C=O) groups is 1. The van der Waals surface area contributed by atoms with Crippen LogP contribution in [0.4, 0.5) is 0 Å². The highest BCUT2D eigenvalue weighted by molar-refractivity contribution is 7.89. The van der Waals surface area contributed by atoms with Crippen molar-refractivity contribution >= 4 is 15.9 Å². The van der Waals surface area contributed by atoms with Crippen molar-refractivity contribution in [3.63, 3.8) is 0 Å². The fourth-order valence-electron chi connectivity index (χ4n) is 3.00. The van der Waals surface area contributed by atoms with Crippen molar-refractivity contribution < 1.29 is 27.4 Å². The van der Waals surface area contributed by atoms with E-state index in [4.69, 9.17) is 14.2 Å². The number of amides is 1. The first-order valence-corrected chi connectivity index (χ1v) is 11.9. The number of methoxy groups -OCH3 is 2. The van der Waals surface area contributed by atoms with Gasteiger partial charge in [0.1, 0.15) is 6.04 Å². The lowest BCUT2D eigenvalue weighted by Crippen LogP contribution is -2.48. The van der Waals surface area contributed by atoms with Crippen LogP contribution in [0.2, 0.25) is 0 Å². The van der Waals surface area contributed by atoms with Crippen LogP contribution in [0.3, 0.4) is 0 Å². The van der Waals surface area contributed by atoms with E-state index >= 15 is 0 Å². The molecule has 176 valence electrons. The van der Waals surface area contributed by atoms with Gasteiger partial charge in [0.05, 0.1) is 25.2 Å². The molecular weight excluding hydrogens is 432 g/mol. The molecule has 1 amide bonds. The molecule has 2 N–H and O–H groups in total. The Kier molecular flexibility index (Phi) is 9.96. The van der Waals surface area contributed by atoms with Gasteiger partial charge in [-0.3, -0.25) is 4.79 Å². The van der Waals surface area contributed by atoms with Crippen LogP contribution < -0.4 is 19.5 Å². The second kappa shape index (κ2) is 12.4. The van der Waals surface area contributed by atoms with Gasteiger partial charge in [0.2, 0.25) is 15.9 Å². The SMILES string of the molecule is COc1ccc(S(=O)(=O)N[C@H](Cc2ccccc2)C(=O)NCCCOC(C)C)cc1OC. The van der Waals surface area contributed by atoms with Crippen molar-refractivity contribution in [1.29, 1.82) is 0 Å². The fourth-order valence-corrected chi connectivity index (χ4v) is 4.21. The first-order chi connectivity index (χ1) is 15.3. The van der Waals surface area contributed by atoms with Gasteiger partial charge in [-0.2, -0.15) is 4.72 Å². The van der Waals surface area contributed by atoms with Crippen LogP contribution in [0.1, 0.15) is 25.8 Å². The van der Waals surface area contributed by atoms with Crippen molar-refractivity contribution in [2.45, 2.75) is 43.7 Å². The average molecular weight is 465 g/mol. The Morgan fingerprint density at radius 2 is 1.69 bits per heavy atom. The van der Waals surface area contributed by atoms with Crippen molar-refractivity contribution in [2.75, 3.05) is 27.4 Å². The lowest BCUT2D eigenvalue weighted by Gasteiger charge is -2.19. The van der Waals surface area contributed by atoms with Gasteiger partial charge in [0, 0.05) is 19.2 Å². The number of hydrogen-bond acceptors (Lipinski definition) is 6. The van der Waals surface area contributed by atoms with E-state index in [2.05, 4.69) is 10.0 Å². The van der Waals surface area contributed by atoms with E-state index in [-0.39, 0.29) is 23.2 Å². The zero-order chi connectivity index (χ0) is 23.6. The monoisotopic (exact) mass is 464 g/mol. The highest BCUT2D eigenvalue weighted by Crippen LogP contribution is 2.29. The van der Waals surface area contributed by atoms with Gasteiger partial charge in [0.25, 0.3) is 0 Å². The van der Waals surface area contributed by atoms with Crippen LogP contribution >= 0.6 is 0 Å². The molecule has 32 heavy (non-hydrogen) atoms. The molecule has 1 atom stereocenters. The van der Waals surface area contributed by atoms with Gasteiger partial charge in [-0.15, -0.1) is 0 Å². The maximum Gasteiger partial charge on any atom is 0.241 e. The number of nitrogens with one attached hydrogen (secondary N) is 2. The highest BCUT2D eigenvalue weighted by Gasteiger charge is 2.26. The van der Waals surface area contributed by atoms with Gasteiger partial charge in [-0.05, 0) is 44.4 Å². The summed E-state index contributed by atoms with van der Waals surface area (Å²) < 4.78 is 44.5. The predicted octanol–water partition coefficient (Wildman–Crippen LogP) is 2.52. The minimum atomic E-state index is -4.00. The highest BCUT2D eigenvalue weighted by atomic mass is 32.2. The van der Waals surface area contributed by atoms with Gasteiger partial charge >= 0.3 is 0 Å². The zero-order valence-corrected chi connectivity index (χ0v) is 19.8. The first kappa shape index (κ1) is 25.6. The van der Waals surface area contributed by atoms with E-state index in [1.165, 1.54) is 32.4 Å². The molecule has 9 heteroatoms. The Morgan fingerprint density at radius 1 is 1.00 bits per heavy atom. The number of carbonyl (C=O) groups excluding carboxylic acids is 1. The molecule has 0 aromatic heterocycles. The molecule has 2 aromatic carbocycles. The molecule has 0 heterocycles. The lowest BCUT2D eigenvalue weighted by molar-refractivity contribution is -0.122. The number of benzene rings is 2. The van der Waals surface area contributed by atoms with Gasteiger partial charge < -0.3 is 19.5 Å². The van der Waals surface area contributed by atoms with Gasteiger partial charge in [-0.25, -0.2) is 8.42 Å². The zero-order valence-electron chi connectivity index (χ0n) is 19.0. The van der Waals surface area contributed by atoms with Crippen LogP contribution in [0.15, 0.2) is 53.4 Å². The molecule has 2 aromatic rings. The van der Waals surface area contributed by atoms with Crippen molar-refractivity contribution in [2.24, 2.45) is 0 Å². The number of rotatable bonds is 13. The maximum absolute atomic E-state index is 13.0. The smallest absolute Gasteiger partial charge is 0.241 e. The van der Waals surface area contributed by atoms with Crippen molar-refractivity contribution in [1.82, 2.24) is 10.0 Å².